The van der Waals surface area contributed by atoms with Crippen LogP contribution in [0.2, 0.25) is 0 Å². The minimum absolute atomic E-state index is 0.264. The zero-order valence-corrected chi connectivity index (χ0v) is 16.2. The molecule has 1 N–H and O–H groups in total. The lowest BCUT2D eigenvalue weighted by molar-refractivity contribution is 0.627. The smallest absolute Gasteiger partial charge is 0.233 e. The van der Waals surface area contributed by atoms with E-state index in [2.05, 4.69) is 36.2 Å². The highest BCUT2D eigenvalue weighted by atomic mass is 19.1. The van der Waals surface area contributed by atoms with Crippen molar-refractivity contribution in [2.45, 2.75) is 25.7 Å². The Labute approximate surface area is 169 Å². The molecule has 3 aliphatic rings. The second-order valence-electron chi connectivity index (χ2n) is 7.72. The van der Waals surface area contributed by atoms with Crippen LogP contribution < -0.4 is 10.2 Å². The third-order valence-electron chi connectivity index (χ3n) is 5.40. The molecule has 0 unspecified atom stereocenters. The van der Waals surface area contributed by atoms with E-state index in [4.69, 9.17) is 0 Å². The van der Waals surface area contributed by atoms with Crippen molar-refractivity contribution in [1.29, 1.82) is 0 Å². The highest BCUT2D eigenvalue weighted by Gasteiger charge is 2.28. The number of nitrogens with one attached hydrogen (secondary N) is 1. The second-order valence-corrected chi connectivity index (χ2v) is 7.72. The van der Waals surface area contributed by atoms with Gasteiger partial charge in [-0.3, -0.25) is 4.99 Å². The van der Waals surface area contributed by atoms with Crippen molar-refractivity contribution in [3.05, 3.63) is 53.1 Å². The summed E-state index contributed by atoms with van der Waals surface area (Å²) in [5.41, 5.74) is 2.16. The molecular formula is C22H23FN6. The molecule has 2 fully saturated rings. The van der Waals surface area contributed by atoms with Crippen molar-refractivity contribution >= 4 is 29.9 Å². The van der Waals surface area contributed by atoms with Crippen molar-refractivity contribution < 1.29 is 4.39 Å². The summed E-state index contributed by atoms with van der Waals surface area (Å²) in [6.07, 6.45) is 10.6. The van der Waals surface area contributed by atoms with E-state index in [1.807, 2.05) is 12.1 Å². The molecule has 2 aliphatic heterocycles. The number of anilines is 2. The van der Waals surface area contributed by atoms with E-state index < -0.39 is 0 Å². The van der Waals surface area contributed by atoms with Crippen LogP contribution in [0.4, 0.5) is 16.3 Å². The van der Waals surface area contributed by atoms with Crippen LogP contribution in [-0.4, -0.2) is 40.4 Å². The van der Waals surface area contributed by atoms with E-state index >= 15 is 0 Å². The third kappa shape index (κ3) is 4.34. The fraction of sp³-hybridized carbons (Fsp3) is 0.364. The molecule has 0 atom stereocenters. The summed E-state index contributed by atoms with van der Waals surface area (Å²) in [6.45, 7) is 2.66. The number of amidine groups is 1. The summed E-state index contributed by atoms with van der Waals surface area (Å²) < 4.78 is 13.4. The number of hydrogen-bond donors (Lipinski definition) is 1. The largest absolute Gasteiger partial charge is 0.341 e. The Balaban J connectivity index is 1.41. The molecule has 3 heterocycles. The van der Waals surface area contributed by atoms with Crippen molar-refractivity contribution in [3.8, 4) is 0 Å². The molecule has 1 aromatic heterocycles. The summed E-state index contributed by atoms with van der Waals surface area (Å²) in [7, 11) is 0. The number of hydrogen-bond acceptors (Lipinski definition) is 6. The van der Waals surface area contributed by atoms with E-state index in [0.717, 1.165) is 43.9 Å². The maximum absolute atomic E-state index is 13.4. The summed E-state index contributed by atoms with van der Waals surface area (Å²) in [5.74, 6) is 2.96. The first kappa shape index (κ1) is 18.0. The van der Waals surface area contributed by atoms with Crippen LogP contribution in [0.25, 0.3) is 12.2 Å². The molecule has 1 aromatic carbocycles. The van der Waals surface area contributed by atoms with Gasteiger partial charge in [-0.15, -0.1) is 0 Å². The fourth-order valence-electron chi connectivity index (χ4n) is 3.69. The Morgan fingerprint density at radius 3 is 2.72 bits per heavy atom. The lowest BCUT2D eigenvalue weighted by atomic mass is 10.2. The topological polar surface area (TPSA) is 66.3 Å². The Morgan fingerprint density at radius 2 is 1.93 bits per heavy atom. The molecule has 148 valence electrons. The molecule has 6 nitrogen and oxygen atoms in total. The Hall–Kier alpha value is -3.09. The van der Waals surface area contributed by atoms with Crippen LogP contribution in [0.15, 0.2) is 40.9 Å². The van der Waals surface area contributed by atoms with Gasteiger partial charge in [-0.1, -0.05) is 18.2 Å². The molecule has 29 heavy (non-hydrogen) atoms. The van der Waals surface area contributed by atoms with E-state index in [0.29, 0.717) is 23.6 Å². The number of aromatic nitrogens is 3. The molecule has 1 aliphatic carbocycles. The Bertz CT molecular complexity index is 1000. The first-order valence-corrected chi connectivity index (χ1v) is 10.2. The number of aliphatic imine (C=N–C) groups is 1. The van der Waals surface area contributed by atoms with Crippen LogP contribution in [0.1, 0.15) is 37.1 Å². The highest BCUT2D eigenvalue weighted by Crippen LogP contribution is 2.37. The quantitative estimate of drug-likeness (QED) is 0.838. The van der Waals surface area contributed by atoms with E-state index in [1.54, 1.807) is 12.1 Å². The van der Waals surface area contributed by atoms with Gasteiger partial charge >= 0.3 is 0 Å². The number of benzene rings is 1. The average molecular weight is 390 g/mol. The van der Waals surface area contributed by atoms with Crippen molar-refractivity contribution in [3.63, 3.8) is 0 Å². The van der Waals surface area contributed by atoms with Crippen LogP contribution >= 0.6 is 0 Å². The van der Waals surface area contributed by atoms with Crippen LogP contribution in [0.5, 0.6) is 0 Å². The van der Waals surface area contributed by atoms with Crippen molar-refractivity contribution in [1.82, 2.24) is 15.0 Å². The van der Waals surface area contributed by atoms with E-state index in [1.165, 1.54) is 30.5 Å². The van der Waals surface area contributed by atoms with E-state index in [9.17, 15) is 4.39 Å². The van der Waals surface area contributed by atoms with Gasteiger partial charge in [-0.05, 0) is 67.0 Å². The van der Waals surface area contributed by atoms with Gasteiger partial charge in [-0.2, -0.15) is 15.0 Å². The maximum Gasteiger partial charge on any atom is 0.233 e. The standard InChI is InChI=1S/C22H23FN6/c23-18-5-3-4-15(12-18)6-9-19-25-21(28-22(27-19)29-10-1-2-11-29)26-20-13-17(14-24-20)16-7-8-16/h3-6,9,12-13,16H,1-2,7-8,10-11,14H2,(H,24,25,26,27,28)/b9-6+. The van der Waals surface area contributed by atoms with Crippen LogP contribution in [-0.2, 0) is 0 Å². The molecule has 1 saturated carbocycles. The summed E-state index contributed by atoms with van der Waals surface area (Å²) >= 11 is 0. The lowest BCUT2D eigenvalue weighted by Crippen LogP contribution is -2.22. The Kier molecular flexibility index (Phi) is 4.79. The highest BCUT2D eigenvalue weighted by molar-refractivity contribution is 6.05. The molecule has 2 aromatic rings. The third-order valence-corrected chi connectivity index (χ3v) is 5.40. The van der Waals surface area contributed by atoms with Gasteiger partial charge in [0.1, 0.15) is 11.7 Å². The lowest BCUT2D eigenvalue weighted by Gasteiger charge is -2.16. The molecule has 5 rings (SSSR count). The van der Waals surface area contributed by atoms with Crippen LogP contribution in [0.3, 0.4) is 0 Å². The number of rotatable bonds is 5. The predicted octanol–water partition coefficient (Wildman–Crippen LogP) is 3.94. The number of halogens is 1. The SMILES string of the molecule is Fc1cccc(/C=C/c2nc(NC3=NCC(C4CC4)=C3)nc(N3CCCC3)n2)c1. The fourth-order valence-corrected chi connectivity index (χ4v) is 3.69. The second kappa shape index (κ2) is 7.73. The molecule has 0 bridgehead atoms. The first-order chi connectivity index (χ1) is 14.2. The molecule has 7 heteroatoms. The van der Waals surface area contributed by atoms with Gasteiger partial charge < -0.3 is 10.2 Å². The number of nitrogens with zero attached hydrogens (tertiary/aromatic N) is 5. The van der Waals surface area contributed by atoms with Gasteiger partial charge in [0, 0.05) is 13.1 Å². The zero-order valence-electron chi connectivity index (χ0n) is 16.2. The molecule has 0 radical (unpaired) electrons. The Morgan fingerprint density at radius 1 is 1.07 bits per heavy atom. The molecule has 0 amide bonds. The molecule has 1 saturated heterocycles. The minimum Gasteiger partial charge on any atom is -0.341 e. The van der Waals surface area contributed by atoms with Gasteiger partial charge in [0.2, 0.25) is 11.9 Å². The monoisotopic (exact) mass is 390 g/mol. The molecule has 0 spiro atoms. The van der Waals surface area contributed by atoms with Gasteiger partial charge in [-0.25, -0.2) is 4.39 Å². The van der Waals surface area contributed by atoms with Gasteiger partial charge in [0.25, 0.3) is 0 Å². The van der Waals surface area contributed by atoms with Crippen LogP contribution in [0, 0.1) is 11.7 Å². The first-order valence-electron chi connectivity index (χ1n) is 10.2. The summed E-state index contributed by atoms with van der Waals surface area (Å²) in [6, 6.07) is 6.45. The normalized spacial score (nSPS) is 19.0. The summed E-state index contributed by atoms with van der Waals surface area (Å²) in [4.78, 5) is 20.5. The minimum atomic E-state index is -0.264. The van der Waals surface area contributed by atoms with Crippen molar-refractivity contribution in [2.24, 2.45) is 10.9 Å². The van der Waals surface area contributed by atoms with E-state index in [-0.39, 0.29) is 5.82 Å². The average Bonchev–Trinajstić information content (AvgIpc) is 3.22. The predicted molar refractivity (Wildman–Crippen MR) is 113 cm³/mol. The van der Waals surface area contributed by atoms with Gasteiger partial charge in [0.15, 0.2) is 5.82 Å². The zero-order chi connectivity index (χ0) is 19.6. The van der Waals surface area contributed by atoms with Crippen molar-refractivity contribution in [2.75, 3.05) is 29.9 Å². The molecular weight excluding hydrogens is 367 g/mol. The summed E-state index contributed by atoms with van der Waals surface area (Å²) in [5, 5.41) is 3.26. The maximum atomic E-state index is 13.4. The van der Waals surface area contributed by atoms with Gasteiger partial charge in [0.05, 0.1) is 6.54 Å².